The Kier molecular flexibility index (Phi) is 4.71. The van der Waals surface area contributed by atoms with Gasteiger partial charge in [-0.05, 0) is 29.8 Å². The third-order valence-electron chi connectivity index (χ3n) is 5.37. The molecule has 0 atom stereocenters. The molecule has 0 fully saturated rings. The Hall–Kier alpha value is -4.39. The third kappa shape index (κ3) is 3.50. The molecule has 0 bridgehead atoms. The van der Waals surface area contributed by atoms with Crippen LogP contribution in [-0.2, 0) is 11.3 Å². The zero-order valence-electron chi connectivity index (χ0n) is 17.2. The predicted molar refractivity (Wildman–Crippen MR) is 119 cm³/mol. The Morgan fingerprint density at radius 2 is 1.53 bits per heavy atom. The molecule has 7 nitrogen and oxygen atoms in total. The molecule has 0 radical (unpaired) electrons. The number of benzene rings is 3. The standard InChI is InChI=1S/C25H18N4O3/c1-15(30)26-18-9-7-17(8-10-18)23-14-29(28-27-23)13-16-6-11-21-22(12-16)25(32)20-5-3-2-4-19(20)24(21)31/h2-12,14H,13H2,1H3,(H,26,30). The summed E-state index contributed by atoms with van der Waals surface area (Å²) in [6.07, 6.45) is 1.81. The van der Waals surface area contributed by atoms with E-state index in [0.717, 1.165) is 11.1 Å². The molecule has 0 saturated carbocycles. The summed E-state index contributed by atoms with van der Waals surface area (Å²) < 4.78 is 1.68. The lowest BCUT2D eigenvalue weighted by atomic mass is 9.83. The van der Waals surface area contributed by atoms with E-state index in [2.05, 4.69) is 15.6 Å². The van der Waals surface area contributed by atoms with Gasteiger partial charge in [0.05, 0.1) is 12.7 Å². The number of nitrogens with one attached hydrogen (secondary N) is 1. The van der Waals surface area contributed by atoms with E-state index >= 15 is 0 Å². The Morgan fingerprint density at radius 1 is 0.875 bits per heavy atom. The van der Waals surface area contributed by atoms with Crippen molar-refractivity contribution in [3.05, 3.63) is 101 Å². The summed E-state index contributed by atoms with van der Waals surface area (Å²) in [7, 11) is 0. The number of nitrogens with zero attached hydrogens (tertiary/aromatic N) is 3. The number of rotatable bonds is 4. The number of carbonyl (C=O) groups excluding carboxylic acids is 3. The smallest absolute Gasteiger partial charge is 0.221 e. The van der Waals surface area contributed by atoms with Gasteiger partial charge in [0.1, 0.15) is 5.69 Å². The minimum absolute atomic E-state index is 0.127. The maximum atomic E-state index is 12.9. The lowest BCUT2D eigenvalue weighted by Gasteiger charge is -2.18. The van der Waals surface area contributed by atoms with E-state index in [-0.39, 0.29) is 17.5 Å². The second-order valence-corrected chi connectivity index (χ2v) is 7.64. The SMILES string of the molecule is CC(=O)Nc1ccc(-c2cn(Cc3ccc4c(c3)C(=O)c3ccccc3C4=O)nn2)cc1. The second kappa shape index (κ2) is 7.70. The van der Waals surface area contributed by atoms with Crippen LogP contribution in [0, 0.1) is 0 Å². The van der Waals surface area contributed by atoms with Crippen LogP contribution in [0.3, 0.4) is 0 Å². The average Bonchev–Trinajstić information content (AvgIpc) is 3.26. The van der Waals surface area contributed by atoms with E-state index in [1.807, 2.05) is 24.4 Å². The predicted octanol–water partition coefficient (Wildman–Crippen LogP) is 3.73. The van der Waals surface area contributed by atoms with E-state index in [9.17, 15) is 14.4 Å². The van der Waals surface area contributed by atoms with Crippen LogP contribution in [0.2, 0.25) is 0 Å². The molecular weight excluding hydrogens is 404 g/mol. The van der Waals surface area contributed by atoms with Crippen LogP contribution in [-0.4, -0.2) is 32.5 Å². The zero-order valence-corrected chi connectivity index (χ0v) is 17.2. The molecule has 0 spiro atoms. The van der Waals surface area contributed by atoms with Crippen molar-refractivity contribution in [2.24, 2.45) is 0 Å². The molecule has 1 N–H and O–H groups in total. The van der Waals surface area contributed by atoms with Crippen LogP contribution in [0.15, 0.2) is 72.9 Å². The maximum Gasteiger partial charge on any atom is 0.221 e. The number of hydrogen-bond acceptors (Lipinski definition) is 5. The summed E-state index contributed by atoms with van der Waals surface area (Å²) in [5.74, 6) is -0.402. The first kappa shape index (κ1) is 19.6. The van der Waals surface area contributed by atoms with Crippen molar-refractivity contribution in [2.45, 2.75) is 13.5 Å². The van der Waals surface area contributed by atoms with Gasteiger partial charge in [-0.25, -0.2) is 4.68 Å². The number of carbonyl (C=O) groups is 3. The molecule has 0 saturated heterocycles. The van der Waals surface area contributed by atoms with E-state index in [1.54, 1.807) is 53.2 Å². The topological polar surface area (TPSA) is 94.0 Å². The van der Waals surface area contributed by atoms with Gasteiger partial charge in [0.2, 0.25) is 5.91 Å². The number of ketones is 2. The highest BCUT2D eigenvalue weighted by Crippen LogP contribution is 2.28. The van der Waals surface area contributed by atoms with Crippen LogP contribution in [0.25, 0.3) is 11.3 Å². The zero-order chi connectivity index (χ0) is 22.2. The summed E-state index contributed by atoms with van der Waals surface area (Å²) in [5.41, 5.74) is 4.85. The fourth-order valence-corrected chi connectivity index (χ4v) is 3.87. The van der Waals surface area contributed by atoms with Crippen molar-refractivity contribution in [1.82, 2.24) is 15.0 Å². The summed E-state index contributed by atoms with van der Waals surface area (Å²) in [5, 5.41) is 11.1. The van der Waals surface area contributed by atoms with Gasteiger partial charge in [-0.15, -0.1) is 5.10 Å². The molecule has 3 aromatic carbocycles. The van der Waals surface area contributed by atoms with Gasteiger partial charge in [0, 0.05) is 40.4 Å². The van der Waals surface area contributed by atoms with Gasteiger partial charge in [0.15, 0.2) is 11.6 Å². The normalized spacial score (nSPS) is 12.3. The molecule has 32 heavy (non-hydrogen) atoms. The molecule has 1 aromatic heterocycles. The van der Waals surface area contributed by atoms with Crippen molar-refractivity contribution >= 4 is 23.2 Å². The van der Waals surface area contributed by atoms with Crippen molar-refractivity contribution in [2.75, 3.05) is 5.32 Å². The molecule has 1 amide bonds. The van der Waals surface area contributed by atoms with Crippen molar-refractivity contribution in [3.63, 3.8) is 0 Å². The van der Waals surface area contributed by atoms with Crippen LogP contribution in [0.1, 0.15) is 44.3 Å². The van der Waals surface area contributed by atoms with Gasteiger partial charge in [0.25, 0.3) is 0 Å². The van der Waals surface area contributed by atoms with E-state index in [0.29, 0.717) is 40.2 Å². The molecule has 4 aromatic rings. The van der Waals surface area contributed by atoms with Crippen molar-refractivity contribution in [1.29, 1.82) is 0 Å². The Balaban J connectivity index is 1.38. The lowest BCUT2D eigenvalue weighted by Crippen LogP contribution is -2.21. The average molecular weight is 422 g/mol. The quantitative estimate of drug-likeness (QED) is 0.476. The van der Waals surface area contributed by atoms with Gasteiger partial charge >= 0.3 is 0 Å². The molecule has 1 aliphatic carbocycles. The molecule has 5 rings (SSSR count). The van der Waals surface area contributed by atoms with E-state index < -0.39 is 0 Å². The number of fused-ring (bicyclic) bond motifs is 2. The van der Waals surface area contributed by atoms with E-state index in [4.69, 9.17) is 0 Å². The Bertz CT molecular complexity index is 1390. The van der Waals surface area contributed by atoms with Crippen LogP contribution in [0.5, 0.6) is 0 Å². The lowest BCUT2D eigenvalue weighted by molar-refractivity contribution is -0.114. The van der Waals surface area contributed by atoms with Gasteiger partial charge in [-0.2, -0.15) is 0 Å². The Labute approximate surface area is 183 Å². The van der Waals surface area contributed by atoms with E-state index in [1.165, 1.54) is 6.92 Å². The summed E-state index contributed by atoms with van der Waals surface area (Å²) in [4.78, 5) is 36.8. The number of anilines is 1. The van der Waals surface area contributed by atoms with Crippen LogP contribution >= 0.6 is 0 Å². The van der Waals surface area contributed by atoms with Crippen molar-refractivity contribution < 1.29 is 14.4 Å². The fraction of sp³-hybridized carbons (Fsp3) is 0.0800. The van der Waals surface area contributed by atoms with Crippen LogP contribution < -0.4 is 5.32 Å². The maximum absolute atomic E-state index is 12.9. The second-order valence-electron chi connectivity index (χ2n) is 7.64. The summed E-state index contributed by atoms with van der Waals surface area (Å²) in [6.45, 7) is 1.87. The third-order valence-corrected chi connectivity index (χ3v) is 5.37. The highest BCUT2D eigenvalue weighted by Gasteiger charge is 2.29. The first-order valence-electron chi connectivity index (χ1n) is 10.1. The fourth-order valence-electron chi connectivity index (χ4n) is 3.87. The highest BCUT2D eigenvalue weighted by atomic mass is 16.1. The molecule has 0 aliphatic heterocycles. The molecule has 156 valence electrons. The number of hydrogen-bond donors (Lipinski definition) is 1. The minimum Gasteiger partial charge on any atom is -0.326 e. The molecule has 1 aliphatic rings. The first-order valence-corrected chi connectivity index (χ1v) is 10.1. The van der Waals surface area contributed by atoms with Gasteiger partial charge in [-0.1, -0.05) is 47.7 Å². The summed E-state index contributed by atoms with van der Waals surface area (Å²) >= 11 is 0. The van der Waals surface area contributed by atoms with Crippen LogP contribution in [0.4, 0.5) is 5.69 Å². The molecule has 7 heteroatoms. The number of aromatic nitrogens is 3. The monoisotopic (exact) mass is 422 g/mol. The van der Waals surface area contributed by atoms with Gasteiger partial charge < -0.3 is 5.32 Å². The Morgan fingerprint density at radius 3 is 2.22 bits per heavy atom. The highest BCUT2D eigenvalue weighted by molar-refractivity contribution is 6.28. The molecule has 0 unspecified atom stereocenters. The largest absolute Gasteiger partial charge is 0.326 e. The first-order chi connectivity index (χ1) is 15.5. The van der Waals surface area contributed by atoms with Gasteiger partial charge in [-0.3, -0.25) is 14.4 Å². The molecular formula is C25H18N4O3. The summed E-state index contributed by atoms with van der Waals surface area (Å²) in [6, 6.07) is 19.5. The minimum atomic E-state index is -0.143. The van der Waals surface area contributed by atoms with Crippen molar-refractivity contribution in [3.8, 4) is 11.3 Å². The number of amides is 1. The molecule has 1 heterocycles.